The minimum Gasteiger partial charge on any atom is -0.300 e. The molecule has 3 unspecified atom stereocenters. The lowest BCUT2D eigenvalue weighted by Crippen LogP contribution is -2.45. The van der Waals surface area contributed by atoms with Gasteiger partial charge in [-0.1, -0.05) is 0 Å². The Balaban J connectivity index is 1.99. The molecule has 0 aromatic carbocycles. The predicted octanol–water partition coefficient (Wildman–Crippen LogP) is 2.39. The van der Waals surface area contributed by atoms with Gasteiger partial charge in [0.25, 0.3) is 0 Å². The topological polar surface area (TPSA) is 0 Å². The van der Waals surface area contributed by atoms with Crippen molar-refractivity contribution in [3.8, 4) is 0 Å². The fourth-order valence-electron chi connectivity index (χ4n) is 2.58. The predicted molar refractivity (Wildman–Crippen MR) is 51.5 cm³/mol. The highest BCUT2D eigenvalue weighted by Crippen LogP contribution is 2.51. The van der Waals surface area contributed by atoms with E-state index in [1.807, 2.05) is 0 Å². The van der Waals surface area contributed by atoms with E-state index in [1.54, 1.807) is 0 Å². The molecule has 0 N–H and O–H groups in total. The Morgan fingerprint density at radius 2 is 1.92 bits per heavy atom. The van der Waals surface area contributed by atoms with Gasteiger partial charge in [0.05, 0.1) is 26.3 Å². The summed E-state index contributed by atoms with van der Waals surface area (Å²) in [6, 6.07) is 0.853. The van der Waals surface area contributed by atoms with Crippen molar-refractivity contribution in [3.05, 3.63) is 12.8 Å². The SMILES string of the molecule is C=C[N+](C)(C)C1CCC2CC2C1. The summed E-state index contributed by atoms with van der Waals surface area (Å²) in [5.41, 5.74) is 0. The number of fused-ring (bicyclic) bond motifs is 1. The highest BCUT2D eigenvalue weighted by molar-refractivity contribution is 4.93. The van der Waals surface area contributed by atoms with E-state index >= 15 is 0 Å². The van der Waals surface area contributed by atoms with Crippen LogP contribution in [-0.4, -0.2) is 24.6 Å². The van der Waals surface area contributed by atoms with Crippen molar-refractivity contribution in [3.63, 3.8) is 0 Å². The minimum absolute atomic E-state index is 0.853. The average molecular weight is 166 g/mol. The average Bonchev–Trinajstić information content (AvgIpc) is 2.81. The van der Waals surface area contributed by atoms with Crippen molar-refractivity contribution in [2.24, 2.45) is 11.8 Å². The van der Waals surface area contributed by atoms with Crippen LogP contribution in [0.15, 0.2) is 12.8 Å². The minimum atomic E-state index is 0.853. The number of quaternary nitrogens is 1. The molecule has 0 aliphatic heterocycles. The lowest BCUT2D eigenvalue weighted by atomic mass is 9.93. The van der Waals surface area contributed by atoms with Gasteiger partial charge in [-0.2, -0.15) is 0 Å². The third-order valence-electron chi connectivity index (χ3n) is 3.93. The monoisotopic (exact) mass is 166 g/mol. The molecule has 1 heteroatoms. The first kappa shape index (κ1) is 8.31. The lowest BCUT2D eigenvalue weighted by molar-refractivity contribution is -0.867. The first-order valence-corrected chi connectivity index (χ1v) is 5.10. The van der Waals surface area contributed by atoms with Crippen LogP contribution in [0.1, 0.15) is 25.7 Å². The van der Waals surface area contributed by atoms with Gasteiger partial charge in [0.2, 0.25) is 0 Å². The van der Waals surface area contributed by atoms with Gasteiger partial charge in [0, 0.05) is 12.8 Å². The largest absolute Gasteiger partial charge is 0.300 e. The van der Waals surface area contributed by atoms with E-state index in [1.165, 1.54) is 25.7 Å². The van der Waals surface area contributed by atoms with Crippen LogP contribution in [0.2, 0.25) is 0 Å². The quantitative estimate of drug-likeness (QED) is 0.553. The molecule has 0 amide bonds. The molecule has 0 radical (unpaired) electrons. The number of rotatable bonds is 2. The summed E-state index contributed by atoms with van der Waals surface area (Å²) in [6.45, 7) is 3.92. The molecular formula is C11H20N+. The summed E-state index contributed by atoms with van der Waals surface area (Å²) in [4.78, 5) is 0. The van der Waals surface area contributed by atoms with Gasteiger partial charge >= 0.3 is 0 Å². The molecule has 0 aromatic heterocycles. The zero-order valence-electron chi connectivity index (χ0n) is 8.29. The number of nitrogens with zero attached hydrogens (tertiary/aromatic N) is 1. The normalized spacial score (nSPS) is 40.3. The molecule has 0 aromatic rings. The van der Waals surface area contributed by atoms with E-state index in [0.717, 1.165) is 22.4 Å². The van der Waals surface area contributed by atoms with Gasteiger partial charge in [-0.3, -0.25) is 0 Å². The molecule has 68 valence electrons. The van der Waals surface area contributed by atoms with Crippen LogP contribution in [0.4, 0.5) is 0 Å². The zero-order valence-corrected chi connectivity index (χ0v) is 8.29. The Bertz CT molecular complexity index is 195. The molecule has 2 fully saturated rings. The molecule has 3 atom stereocenters. The molecule has 2 saturated carbocycles. The Labute approximate surface area is 75.7 Å². The van der Waals surface area contributed by atoms with Gasteiger partial charge in [0.15, 0.2) is 0 Å². The molecule has 2 aliphatic carbocycles. The standard InChI is InChI=1S/C11H20N/c1-4-12(2,3)11-6-5-9-7-10(9)8-11/h4,9-11H,1,5-8H2,2-3H3/q+1. The van der Waals surface area contributed by atoms with Crippen molar-refractivity contribution >= 4 is 0 Å². The molecule has 12 heavy (non-hydrogen) atoms. The number of hydrogen-bond acceptors (Lipinski definition) is 0. The van der Waals surface area contributed by atoms with E-state index in [9.17, 15) is 0 Å². The summed E-state index contributed by atoms with van der Waals surface area (Å²) < 4.78 is 1.02. The van der Waals surface area contributed by atoms with Gasteiger partial charge in [-0.25, -0.2) is 0 Å². The third-order valence-corrected chi connectivity index (χ3v) is 3.93. The summed E-state index contributed by atoms with van der Waals surface area (Å²) in [5.74, 6) is 2.20. The van der Waals surface area contributed by atoms with Gasteiger partial charge in [-0.05, 0) is 31.3 Å². The van der Waals surface area contributed by atoms with Crippen LogP contribution < -0.4 is 0 Å². The van der Waals surface area contributed by atoms with Crippen LogP contribution in [0.25, 0.3) is 0 Å². The summed E-state index contributed by atoms with van der Waals surface area (Å²) in [7, 11) is 4.56. The summed E-state index contributed by atoms with van der Waals surface area (Å²) >= 11 is 0. The molecule has 0 spiro atoms. The summed E-state index contributed by atoms with van der Waals surface area (Å²) in [5, 5.41) is 0. The Morgan fingerprint density at radius 3 is 2.50 bits per heavy atom. The first-order chi connectivity index (χ1) is 5.63. The second-order valence-corrected chi connectivity index (χ2v) is 5.03. The molecule has 0 bridgehead atoms. The Kier molecular flexibility index (Phi) is 1.80. The maximum absolute atomic E-state index is 3.92. The van der Waals surface area contributed by atoms with Crippen LogP contribution in [0.5, 0.6) is 0 Å². The number of hydrogen-bond donors (Lipinski definition) is 0. The van der Waals surface area contributed by atoms with Crippen molar-refractivity contribution in [1.29, 1.82) is 0 Å². The highest BCUT2D eigenvalue weighted by Gasteiger charge is 2.46. The molecule has 2 rings (SSSR count). The highest BCUT2D eigenvalue weighted by atomic mass is 15.3. The van der Waals surface area contributed by atoms with Crippen molar-refractivity contribution in [2.75, 3.05) is 14.1 Å². The zero-order chi connectivity index (χ0) is 8.77. The van der Waals surface area contributed by atoms with Crippen LogP contribution in [0.3, 0.4) is 0 Å². The van der Waals surface area contributed by atoms with E-state index in [0.29, 0.717) is 0 Å². The Morgan fingerprint density at radius 1 is 1.17 bits per heavy atom. The van der Waals surface area contributed by atoms with Crippen LogP contribution in [-0.2, 0) is 0 Å². The fourth-order valence-corrected chi connectivity index (χ4v) is 2.58. The van der Waals surface area contributed by atoms with E-state index in [-0.39, 0.29) is 0 Å². The lowest BCUT2D eigenvalue weighted by Gasteiger charge is -2.36. The molecular weight excluding hydrogens is 146 g/mol. The summed E-state index contributed by atoms with van der Waals surface area (Å²) in [6.07, 6.45) is 7.95. The first-order valence-electron chi connectivity index (χ1n) is 5.10. The van der Waals surface area contributed by atoms with Crippen molar-refractivity contribution in [1.82, 2.24) is 0 Å². The smallest absolute Gasteiger partial charge is 0.0930 e. The molecule has 0 heterocycles. The second-order valence-electron chi connectivity index (χ2n) is 5.03. The van der Waals surface area contributed by atoms with Crippen LogP contribution in [0, 0.1) is 11.8 Å². The van der Waals surface area contributed by atoms with Crippen LogP contribution >= 0.6 is 0 Å². The third kappa shape index (κ3) is 1.31. The van der Waals surface area contributed by atoms with E-state index in [2.05, 4.69) is 26.9 Å². The maximum atomic E-state index is 3.92. The molecule has 1 nitrogen and oxygen atoms in total. The Hall–Kier alpha value is -0.300. The van der Waals surface area contributed by atoms with E-state index in [4.69, 9.17) is 0 Å². The fraction of sp³-hybridized carbons (Fsp3) is 0.818. The van der Waals surface area contributed by atoms with Gasteiger partial charge in [-0.15, -0.1) is 0 Å². The van der Waals surface area contributed by atoms with Gasteiger partial charge in [0.1, 0.15) is 0 Å². The van der Waals surface area contributed by atoms with Crippen molar-refractivity contribution in [2.45, 2.75) is 31.7 Å². The van der Waals surface area contributed by atoms with E-state index < -0.39 is 0 Å². The second kappa shape index (κ2) is 2.59. The molecule has 2 aliphatic rings. The maximum Gasteiger partial charge on any atom is 0.0930 e. The molecule has 0 saturated heterocycles. The van der Waals surface area contributed by atoms with Gasteiger partial charge < -0.3 is 4.48 Å². The van der Waals surface area contributed by atoms with Crippen molar-refractivity contribution < 1.29 is 4.48 Å².